The van der Waals surface area contributed by atoms with Crippen molar-refractivity contribution in [3.8, 4) is 11.5 Å². The molecule has 0 bridgehead atoms. The van der Waals surface area contributed by atoms with Crippen LogP contribution in [-0.4, -0.2) is 29.8 Å². The Kier molecular flexibility index (Phi) is 3.77. The average molecular weight is 283 g/mol. The fourth-order valence-corrected chi connectivity index (χ4v) is 1.84. The van der Waals surface area contributed by atoms with E-state index in [0.717, 1.165) is 5.56 Å². The van der Waals surface area contributed by atoms with Crippen molar-refractivity contribution in [2.75, 3.05) is 6.61 Å². The first-order valence-corrected chi connectivity index (χ1v) is 6.44. The molecule has 1 atom stereocenters. The van der Waals surface area contributed by atoms with Crippen molar-refractivity contribution in [3.05, 3.63) is 54.4 Å². The van der Waals surface area contributed by atoms with Crippen molar-refractivity contribution in [1.29, 1.82) is 0 Å². The zero-order chi connectivity index (χ0) is 14.5. The predicted octanol–water partition coefficient (Wildman–Crippen LogP) is 1.37. The SMILES string of the molecule is O=C(N/N=C/c1ccncc1)[C@H]1COc2ccccc2O1. The van der Waals surface area contributed by atoms with Gasteiger partial charge in [0, 0.05) is 12.4 Å². The number of nitrogens with one attached hydrogen (secondary N) is 1. The first-order valence-electron chi connectivity index (χ1n) is 6.44. The van der Waals surface area contributed by atoms with Gasteiger partial charge in [-0.2, -0.15) is 5.10 Å². The second-order valence-corrected chi connectivity index (χ2v) is 4.38. The molecule has 2 aromatic rings. The fourth-order valence-electron chi connectivity index (χ4n) is 1.84. The van der Waals surface area contributed by atoms with Crippen LogP contribution in [0.3, 0.4) is 0 Å². The largest absolute Gasteiger partial charge is 0.485 e. The molecule has 1 aromatic carbocycles. The molecule has 0 spiro atoms. The summed E-state index contributed by atoms with van der Waals surface area (Å²) in [6, 6.07) is 10.8. The van der Waals surface area contributed by atoms with Crippen LogP contribution < -0.4 is 14.9 Å². The number of amides is 1. The van der Waals surface area contributed by atoms with E-state index in [0.29, 0.717) is 11.5 Å². The zero-order valence-corrected chi connectivity index (χ0v) is 11.1. The maximum atomic E-state index is 12.0. The second-order valence-electron chi connectivity index (χ2n) is 4.38. The van der Waals surface area contributed by atoms with Crippen molar-refractivity contribution in [2.24, 2.45) is 5.10 Å². The number of rotatable bonds is 3. The van der Waals surface area contributed by atoms with Crippen molar-refractivity contribution in [3.63, 3.8) is 0 Å². The summed E-state index contributed by atoms with van der Waals surface area (Å²) in [5.74, 6) is 0.846. The van der Waals surface area contributed by atoms with Crippen molar-refractivity contribution in [2.45, 2.75) is 6.10 Å². The van der Waals surface area contributed by atoms with Gasteiger partial charge in [-0.25, -0.2) is 5.43 Å². The molecular formula is C15H13N3O3. The van der Waals surface area contributed by atoms with Gasteiger partial charge >= 0.3 is 0 Å². The van der Waals surface area contributed by atoms with E-state index in [-0.39, 0.29) is 12.5 Å². The van der Waals surface area contributed by atoms with Crippen LogP contribution in [0.15, 0.2) is 53.9 Å². The molecule has 6 nitrogen and oxygen atoms in total. The van der Waals surface area contributed by atoms with Crippen molar-refractivity contribution < 1.29 is 14.3 Å². The minimum absolute atomic E-state index is 0.160. The van der Waals surface area contributed by atoms with E-state index in [1.165, 1.54) is 6.21 Å². The molecule has 0 radical (unpaired) electrons. The van der Waals surface area contributed by atoms with Gasteiger partial charge in [0.1, 0.15) is 6.61 Å². The lowest BCUT2D eigenvalue weighted by Gasteiger charge is -2.24. The van der Waals surface area contributed by atoms with Crippen LogP contribution in [-0.2, 0) is 4.79 Å². The molecule has 21 heavy (non-hydrogen) atoms. The number of hydrazone groups is 1. The summed E-state index contributed by atoms with van der Waals surface area (Å²) >= 11 is 0. The average Bonchev–Trinajstić information content (AvgIpc) is 2.55. The first-order chi connectivity index (χ1) is 10.3. The third kappa shape index (κ3) is 3.17. The van der Waals surface area contributed by atoms with Gasteiger partial charge in [-0.1, -0.05) is 12.1 Å². The second kappa shape index (κ2) is 6.04. The van der Waals surface area contributed by atoms with Crippen LogP contribution in [0.4, 0.5) is 0 Å². The molecule has 1 amide bonds. The lowest BCUT2D eigenvalue weighted by Crippen LogP contribution is -2.42. The monoisotopic (exact) mass is 283 g/mol. The Labute approximate surface area is 121 Å². The number of benzene rings is 1. The number of carbonyl (C=O) groups excluding carboxylic acids is 1. The Morgan fingerprint density at radius 3 is 2.81 bits per heavy atom. The summed E-state index contributed by atoms with van der Waals surface area (Å²) in [4.78, 5) is 15.9. The topological polar surface area (TPSA) is 72.8 Å². The molecule has 1 aliphatic rings. The fraction of sp³-hybridized carbons (Fsp3) is 0.133. The number of nitrogens with zero attached hydrogens (tertiary/aromatic N) is 2. The highest BCUT2D eigenvalue weighted by Crippen LogP contribution is 2.30. The molecule has 0 fully saturated rings. The molecule has 3 rings (SSSR count). The van der Waals surface area contributed by atoms with Crippen LogP contribution in [0.25, 0.3) is 0 Å². The summed E-state index contributed by atoms with van der Waals surface area (Å²) in [6.07, 6.45) is 4.13. The maximum absolute atomic E-state index is 12.0. The van der Waals surface area contributed by atoms with E-state index >= 15 is 0 Å². The standard InChI is InChI=1S/C15H13N3O3/c19-15(18-17-9-11-5-7-16-8-6-11)14-10-20-12-3-1-2-4-13(12)21-14/h1-9,14H,10H2,(H,18,19)/b17-9+/t14-/m1/s1. The first kappa shape index (κ1) is 13.1. The number of carbonyl (C=O) groups is 1. The van der Waals surface area contributed by atoms with Gasteiger partial charge in [-0.15, -0.1) is 0 Å². The molecule has 6 heteroatoms. The number of para-hydroxylation sites is 2. The summed E-state index contributed by atoms with van der Waals surface area (Å²) in [5.41, 5.74) is 3.28. The molecule has 2 heterocycles. The Morgan fingerprint density at radius 1 is 1.24 bits per heavy atom. The number of hydrogen-bond donors (Lipinski definition) is 1. The van der Waals surface area contributed by atoms with Gasteiger partial charge in [0.05, 0.1) is 6.21 Å². The number of aromatic nitrogens is 1. The number of fused-ring (bicyclic) bond motifs is 1. The van der Waals surface area contributed by atoms with Crippen LogP contribution in [0.5, 0.6) is 11.5 Å². The summed E-state index contributed by atoms with van der Waals surface area (Å²) in [7, 11) is 0. The van der Waals surface area contributed by atoms with Crippen LogP contribution >= 0.6 is 0 Å². The smallest absolute Gasteiger partial charge is 0.284 e. The van der Waals surface area contributed by atoms with E-state index in [1.807, 2.05) is 12.1 Å². The van der Waals surface area contributed by atoms with E-state index in [1.54, 1.807) is 36.7 Å². The third-order valence-electron chi connectivity index (χ3n) is 2.90. The quantitative estimate of drug-likeness (QED) is 0.682. The summed E-state index contributed by atoms with van der Waals surface area (Å²) in [5, 5.41) is 3.88. The molecule has 1 aromatic heterocycles. The Bertz CT molecular complexity index is 658. The Balaban J connectivity index is 1.59. The molecular weight excluding hydrogens is 270 g/mol. The Hall–Kier alpha value is -2.89. The highest BCUT2D eigenvalue weighted by molar-refractivity contribution is 5.84. The molecule has 0 saturated carbocycles. The molecule has 1 N–H and O–H groups in total. The number of pyridine rings is 1. The molecule has 0 aliphatic carbocycles. The van der Waals surface area contributed by atoms with Crippen molar-refractivity contribution >= 4 is 12.1 Å². The maximum Gasteiger partial charge on any atom is 0.284 e. The molecule has 106 valence electrons. The minimum Gasteiger partial charge on any atom is -0.485 e. The molecule has 0 unspecified atom stereocenters. The van der Waals surface area contributed by atoms with Gasteiger partial charge in [-0.05, 0) is 29.8 Å². The van der Waals surface area contributed by atoms with Crippen LogP contribution in [0.2, 0.25) is 0 Å². The van der Waals surface area contributed by atoms with E-state index in [2.05, 4.69) is 15.5 Å². The lowest BCUT2D eigenvalue weighted by molar-refractivity contribution is -0.130. The zero-order valence-electron chi connectivity index (χ0n) is 11.1. The van der Waals surface area contributed by atoms with E-state index in [4.69, 9.17) is 9.47 Å². The van der Waals surface area contributed by atoms with Gasteiger partial charge in [0.15, 0.2) is 11.5 Å². The van der Waals surface area contributed by atoms with E-state index < -0.39 is 6.10 Å². The molecule has 1 aliphatic heterocycles. The van der Waals surface area contributed by atoms with Gasteiger partial charge in [0.2, 0.25) is 6.10 Å². The van der Waals surface area contributed by atoms with Gasteiger partial charge < -0.3 is 9.47 Å². The van der Waals surface area contributed by atoms with Gasteiger partial charge in [-0.3, -0.25) is 9.78 Å². The van der Waals surface area contributed by atoms with Crippen molar-refractivity contribution in [1.82, 2.24) is 10.4 Å². The summed E-state index contributed by atoms with van der Waals surface area (Å²) < 4.78 is 11.1. The number of ether oxygens (including phenoxy) is 2. The summed E-state index contributed by atoms with van der Waals surface area (Å²) in [6.45, 7) is 0.160. The Morgan fingerprint density at radius 2 is 2.00 bits per heavy atom. The molecule has 0 saturated heterocycles. The highest BCUT2D eigenvalue weighted by Gasteiger charge is 2.26. The lowest BCUT2D eigenvalue weighted by atomic mass is 10.2. The van der Waals surface area contributed by atoms with Gasteiger partial charge in [0.25, 0.3) is 5.91 Å². The van der Waals surface area contributed by atoms with Crippen LogP contribution in [0, 0.1) is 0 Å². The number of hydrogen-bond acceptors (Lipinski definition) is 5. The minimum atomic E-state index is -0.713. The highest BCUT2D eigenvalue weighted by atomic mass is 16.6. The van der Waals surface area contributed by atoms with Crippen LogP contribution in [0.1, 0.15) is 5.56 Å². The normalized spacial score (nSPS) is 16.7. The van der Waals surface area contributed by atoms with E-state index in [9.17, 15) is 4.79 Å². The predicted molar refractivity (Wildman–Crippen MR) is 76.3 cm³/mol. The third-order valence-corrected chi connectivity index (χ3v) is 2.90.